The number of rotatable bonds is 6. The summed E-state index contributed by atoms with van der Waals surface area (Å²) in [6.07, 6.45) is 0.692. The third kappa shape index (κ3) is 5.04. The van der Waals surface area contributed by atoms with E-state index in [2.05, 4.69) is 21.2 Å². The zero-order chi connectivity index (χ0) is 13.8. The van der Waals surface area contributed by atoms with Gasteiger partial charge in [0.2, 0.25) is 0 Å². The molecule has 0 aliphatic carbocycles. The van der Waals surface area contributed by atoms with Gasteiger partial charge >= 0.3 is 0 Å². The molecule has 2 nitrogen and oxygen atoms in total. The molecule has 0 radical (unpaired) electrons. The Morgan fingerprint density at radius 1 is 1.44 bits per heavy atom. The molecule has 1 aromatic rings. The minimum atomic E-state index is -1.26. The second kappa shape index (κ2) is 6.64. The summed E-state index contributed by atoms with van der Waals surface area (Å²) in [5, 5.41) is 12.4. The number of nitrogens with one attached hydrogen (secondary N) is 1. The third-order valence-corrected chi connectivity index (χ3v) is 3.74. The highest BCUT2D eigenvalue weighted by Crippen LogP contribution is 2.20. The van der Waals surface area contributed by atoms with Gasteiger partial charge in [-0.2, -0.15) is 0 Å². The summed E-state index contributed by atoms with van der Waals surface area (Å²) in [6, 6.07) is 5.88. The largest absolute Gasteiger partial charge is 0.395 e. The zero-order valence-electron chi connectivity index (χ0n) is 11.1. The number of halogens is 2. The highest BCUT2D eigenvalue weighted by Gasteiger charge is 2.18. The average molecular weight is 318 g/mol. The summed E-state index contributed by atoms with van der Waals surface area (Å²) in [7, 11) is 0. The van der Waals surface area contributed by atoms with Crippen molar-refractivity contribution in [3.05, 3.63) is 33.8 Å². The monoisotopic (exact) mass is 317 g/mol. The van der Waals surface area contributed by atoms with Crippen molar-refractivity contribution in [1.29, 1.82) is 0 Å². The van der Waals surface area contributed by atoms with Crippen LogP contribution >= 0.6 is 15.9 Å². The molecule has 0 fully saturated rings. The predicted molar refractivity (Wildman–Crippen MR) is 76.6 cm³/mol. The van der Waals surface area contributed by atoms with Crippen LogP contribution in [0.4, 0.5) is 4.39 Å². The Morgan fingerprint density at radius 3 is 2.67 bits per heavy atom. The van der Waals surface area contributed by atoms with Crippen molar-refractivity contribution >= 4 is 15.9 Å². The fourth-order valence-corrected chi connectivity index (χ4v) is 2.13. The van der Waals surface area contributed by atoms with Gasteiger partial charge in [-0.1, -0.05) is 28.1 Å². The maximum Gasteiger partial charge on any atom is 0.117 e. The molecule has 1 atom stereocenters. The lowest BCUT2D eigenvalue weighted by Gasteiger charge is -2.22. The molecule has 0 aromatic heterocycles. The third-order valence-electron chi connectivity index (χ3n) is 2.88. The number of hydrogen-bond acceptors (Lipinski definition) is 2. The molecule has 0 spiro atoms. The average Bonchev–Trinajstić information content (AvgIpc) is 2.28. The van der Waals surface area contributed by atoms with E-state index >= 15 is 0 Å². The van der Waals surface area contributed by atoms with Crippen LogP contribution < -0.4 is 5.32 Å². The van der Waals surface area contributed by atoms with Gasteiger partial charge in [0, 0.05) is 17.1 Å². The molecule has 0 saturated carbocycles. The van der Waals surface area contributed by atoms with Gasteiger partial charge in [-0.3, -0.25) is 0 Å². The molecule has 2 N–H and O–H groups in total. The smallest absolute Gasteiger partial charge is 0.117 e. The minimum Gasteiger partial charge on any atom is -0.395 e. The quantitative estimate of drug-likeness (QED) is 0.845. The second-order valence-electron chi connectivity index (χ2n) is 5.21. The van der Waals surface area contributed by atoms with Crippen molar-refractivity contribution < 1.29 is 9.50 Å². The Balaban J connectivity index is 2.65. The van der Waals surface area contributed by atoms with Crippen LogP contribution in [0.15, 0.2) is 22.7 Å². The van der Waals surface area contributed by atoms with Crippen LogP contribution in [0.3, 0.4) is 0 Å². The molecule has 1 unspecified atom stereocenters. The Morgan fingerprint density at radius 2 is 2.11 bits per heavy atom. The van der Waals surface area contributed by atoms with E-state index in [-0.39, 0.29) is 19.2 Å². The Labute approximate surface area is 117 Å². The van der Waals surface area contributed by atoms with Crippen molar-refractivity contribution in [3.63, 3.8) is 0 Å². The van der Waals surface area contributed by atoms with Gasteiger partial charge in [0.25, 0.3) is 0 Å². The summed E-state index contributed by atoms with van der Waals surface area (Å²) >= 11 is 3.49. The Bertz CT molecular complexity index is 390. The number of hydrogen-bond donors (Lipinski definition) is 2. The van der Waals surface area contributed by atoms with Crippen molar-refractivity contribution in [2.45, 2.75) is 38.9 Å². The van der Waals surface area contributed by atoms with Crippen molar-refractivity contribution in [2.24, 2.45) is 0 Å². The molecule has 1 aromatic carbocycles. The topological polar surface area (TPSA) is 32.3 Å². The van der Waals surface area contributed by atoms with E-state index in [0.29, 0.717) is 6.42 Å². The molecule has 1 rings (SSSR count). The summed E-state index contributed by atoms with van der Waals surface area (Å²) < 4.78 is 14.5. The predicted octanol–water partition coefficient (Wildman–Crippen LogP) is 3.00. The van der Waals surface area contributed by atoms with Gasteiger partial charge < -0.3 is 10.4 Å². The van der Waals surface area contributed by atoms with E-state index in [4.69, 9.17) is 0 Å². The summed E-state index contributed by atoms with van der Waals surface area (Å²) in [5.41, 5.74) is 1.06. The molecule has 0 heterocycles. The molecule has 4 heteroatoms. The highest BCUT2D eigenvalue weighted by atomic mass is 79.9. The summed E-state index contributed by atoms with van der Waals surface area (Å²) in [5.74, 6) is 0. The van der Waals surface area contributed by atoms with Crippen LogP contribution in [0.2, 0.25) is 0 Å². The maximum atomic E-state index is 13.4. The SMILES string of the molecule is Cc1c(Br)cccc1CC(CO)NCC(C)(C)F. The number of aliphatic hydroxyl groups is 1. The Hall–Kier alpha value is -0.450. The lowest BCUT2D eigenvalue weighted by Crippen LogP contribution is -2.41. The first kappa shape index (κ1) is 15.6. The molecule has 0 saturated heterocycles. The molecule has 102 valence electrons. The maximum absolute atomic E-state index is 13.4. The van der Waals surface area contributed by atoms with Gasteiger partial charge in [0.1, 0.15) is 5.67 Å². The molecular formula is C14H21BrFNO. The normalized spacial score (nSPS) is 13.7. The molecule has 0 aliphatic heterocycles. The fourth-order valence-electron chi connectivity index (χ4n) is 1.73. The van der Waals surface area contributed by atoms with Crippen LogP contribution in [0.5, 0.6) is 0 Å². The van der Waals surface area contributed by atoms with Crippen LogP contribution in [0, 0.1) is 6.92 Å². The lowest BCUT2D eigenvalue weighted by atomic mass is 10.0. The number of benzene rings is 1. The minimum absolute atomic E-state index is 0.00202. The van der Waals surface area contributed by atoms with Crippen LogP contribution in [0.1, 0.15) is 25.0 Å². The second-order valence-corrected chi connectivity index (χ2v) is 6.06. The van der Waals surface area contributed by atoms with E-state index in [9.17, 15) is 9.50 Å². The van der Waals surface area contributed by atoms with E-state index < -0.39 is 5.67 Å². The van der Waals surface area contributed by atoms with Crippen LogP contribution in [0.25, 0.3) is 0 Å². The first-order chi connectivity index (χ1) is 8.33. The standard InChI is InChI=1S/C14H21BrFNO/c1-10-11(5-4-6-13(10)15)7-12(8-18)17-9-14(2,3)16/h4-6,12,17-18H,7-9H2,1-3H3. The fraction of sp³-hybridized carbons (Fsp3) is 0.571. The van der Waals surface area contributed by atoms with Crippen LogP contribution in [-0.2, 0) is 6.42 Å². The van der Waals surface area contributed by atoms with E-state index in [1.807, 2.05) is 25.1 Å². The van der Waals surface area contributed by atoms with E-state index in [0.717, 1.165) is 15.6 Å². The van der Waals surface area contributed by atoms with Gasteiger partial charge in [-0.15, -0.1) is 0 Å². The first-order valence-corrected chi connectivity index (χ1v) is 6.90. The van der Waals surface area contributed by atoms with E-state index in [1.165, 1.54) is 13.8 Å². The van der Waals surface area contributed by atoms with Crippen LogP contribution in [-0.4, -0.2) is 30.0 Å². The molecule has 0 aliphatic rings. The Kier molecular flexibility index (Phi) is 5.76. The van der Waals surface area contributed by atoms with E-state index in [1.54, 1.807) is 0 Å². The van der Waals surface area contributed by atoms with Crippen molar-refractivity contribution in [3.8, 4) is 0 Å². The molecule has 18 heavy (non-hydrogen) atoms. The van der Waals surface area contributed by atoms with Crippen molar-refractivity contribution in [2.75, 3.05) is 13.2 Å². The van der Waals surface area contributed by atoms with Gasteiger partial charge in [-0.25, -0.2) is 4.39 Å². The molecule has 0 amide bonds. The van der Waals surface area contributed by atoms with Gasteiger partial charge in [-0.05, 0) is 44.4 Å². The summed E-state index contributed by atoms with van der Waals surface area (Å²) in [6.45, 7) is 5.33. The summed E-state index contributed by atoms with van der Waals surface area (Å²) in [4.78, 5) is 0. The first-order valence-electron chi connectivity index (χ1n) is 6.10. The van der Waals surface area contributed by atoms with Gasteiger partial charge in [0.15, 0.2) is 0 Å². The lowest BCUT2D eigenvalue weighted by molar-refractivity contribution is 0.180. The highest BCUT2D eigenvalue weighted by molar-refractivity contribution is 9.10. The molecular weight excluding hydrogens is 297 g/mol. The van der Waals surface area contributed by atoms with Crippen molar-refractivity contribution in [1.82, 2.24) is 5.32 Å². The molecule has 0 bridgehead atoms. The number of alkyl halides is 1. The van der Waals surface area contributed by atoms with Gasteiger partial charge in [0.05, 0.1) is 6.61 Å². The zero-order valence-corrected chi connectivity index (χ0v) is 12.7. The number of aliphatic hydroxyl groups excluding tert-OH is 1.